The van der Waals surface area contributed by atoms with E-state index in [1.54, 1.807) is 0 Å². The van der Waals surface area contributed by atoms with Gasteiger partial charge >= 0.3 is 0 Å². The molecule has 1 aliphatic carbocycles. The summed E-state index contributed by atoms with van der Waals surface area (Å²) in [5.74, 6) is 4.58. The molecule has 0 nitrogen and oxygen atoms in total. The van der Waals surface area contributed by atoms with Gasteiger partial charge in [0, 0.05) is 12.0 Å². The summed E-state index contributed by atoms with van der Waals surface area (Å²) < 4.78 is 0. The Bertz CT molecular complexity index is 505. The van der Waals surface area contributed by atoms with Gasteiger partial charge in [0.1, 0.15) is 27.6 Å². The van der Waals surface area contributed by atoms with Crippen LogP contribution in [0.15, 0.2) is 35.9 Å². The summed E-state index contributed by atoms with van der Waals surface area (Å²) in [7, 11) is 6.62. The van der Waals surface area contributed by atoms with Crippen molar-refractivity contribution in [3.63, 3.8) is 0 Å². The van der Waals surface area contributed by atoms with Gasteiger partial charge in [-0.05, 0) is 22.8 Å². The minimum atomic E-state index is 0.845. The van der Waals surface area contributed by atoms with E-state index in [2.05, 4.69) is 29.8 Å². The van der Waals surface area contributed by atoms with E-state index in [0.717, 1.165) is 20.1 Å². The third-order valence-electron chi connectivity index (χ3n) is 2.75. The topological polar surface area (TPSA) is 0 Å². The zero-order valence-corrected chi connectivity index (χ0v) is 8.75. The van der Waals surface area contributed by atoms with Gasteiger partial charge in [0.25, 0.3) is 0 Å². The molecule has 0 bridgehead atoms. The lowest BCUT2D eigenvalue weighted by Gasteiger charge is -2.00. The fourth-order valence-electron chi connectivity index (χ4n) is 2.10. The van der Waals surface area contributed by atoms with Crippen molar-refractivity contribution in [2.75, 3.05) is 0 Å². The number of hydrogen-bond donors (Lipinski definition) is 0. The Hall–Kier alpha value is -1.07. The van der Waals surface area contributed by atoms with Gasteiger partial charge in [-0.3, -0.25) is 0 Å². The van der Waals surface area contributed by atoms with Crippen LogP contribution in [0.5, 0.6) is 0 Å². The van der Waals surface area contributed by atoms with Crippen LogP contribution in [0.3, 0.4) is 0 Å². The second kappa shape index (κ2) is 2.97. The lowest BCUT2D eigenvalue weighted by Crippen LogP contribution is -2.01. The molecule has 14 heavy (non-hydrogen) atoms. The van der Waals surface area contributed by atoms with Crippen LogP contribution in [0.1, 0.15) is 11.1 Å². The molecule has 64 valence electrons. The van der Waals surface area contributed by atoms with Crippen LogP contribution in [0, 0.1) is 0 Å². The van der Waals surface area contributed by atoms with E-state index in [-0.39, 0.29) is 0 Å². The minimum Gasteiger partial charge on any atom is -0.0963 e. The van der Waals surface area contributed by atoms with E-state index in [9.17, 15) is 0 Å². The zero-order chi connectivity index (χ0) is 9.54. The van der Waals surface area contributed by atoms with Crippen molar-refractivity contribution in [2.45, 2.75) is 6.42 Å². The number of rotatable bonds is 0. The third-order valence-corrected chi connectivity index (χ3v) is 3.62. The monoisotopic (exact) mass is 195 g/mol. The molecule has 0 aliphatic heterocycles. The lowest BCUT2D eigenvalue weighted by molar-refractivity contribution is 1.28. The lowest BCUT2D eigenvalue weighted by atomic mass is 9.92. The van der Waals surface area contributed by atoms with E-state index >= 15 is 0 Å². The van der Waals surface area contributed by atoms with Crippen molar-refractivity contribution >= 4 is 21.5 Å². The maximum atomic E-state index is 5.78. The van der Waals surface area contributed by atoms with Crippen molar-refractivity contribution in [2.24, 2.45) is 0 Å². The highest BCUT2D eigenvalue weighted by Crippen LogP contribution is 2.36. The molecule has 0 spiro atoms. The molecule has 3 rings (SSSR count). The average Bonchev–Trinajstić information content (AvgIpc) is 2.54. The van der Waals surface area contributed by atoms with E-state index in [1.807, 2.05) is 6.07 Å². The molecule has 1 unspecified atom stereocenters. The van der Waals surface area contributed by atoms with Crippen molar-refractivity contribution < 1.29 is 0 Å². The highest BCUT2D eigenvalue weighted by Gasteiger charge is 2.18. The molecule has 0 saturated heterocycles. The van der Waals surface area contributed by atoms with Gasteiger partial charge in [-0.2, -0.15) is 0 Å². The Kier molecular flexibility index (Phi) is 1.75. The van der Waals surface area contributed by atoms with Gasteiger partial charge in [-0.1, -0.05) is 23.7 Å². The van der Waals surface area contributed by atoms with Gasteiger partial charge in [0.15, 0.2) is 0 Å². The Morgan fingerprint density at radius 2 is 1.93 bits per heavy atom. The molecule has 2 aromatic rings. The van der Waals surface area contributed by atoms with Gasteiger partial charge < -0.3 is 0 Å². The highest BCUT2D eigenvalue weighted by molar-refractivity contribution is 7.28. The number of fused-ring (bicyclic) bond motifs is 3. The maximum Gasteiger partial charge on any atom is 0.114 e. The molecule has 0 N–H and O–H groups in total. The van der Waals surface area contributed by atoms with Gasteiger partial charge in [0.2, 0.25) is 0 Å². The molecular formula is C12H9BP+. The molecule has 0 amide bonds. The molecule has 1 aromatic carbocycles. The third kappa shape index (κ3) is 1.13. The Morgan fingerprint density at radius 1 is 1.07 bits per heavy atom. The first kappa shape index (κ1) is 8.26. The first-order valence-electron chi connectivity index (χ1n) is 4.72. The summed E-state index contributed by atoms with van der Waals surface area (Å²) in [5, 5.41) is 0. The van der Waals surface area contributed by atoms with Crippen molar-refractivity contribution in [1.29, 1.82) is 0 Å². The normalized spacial score (nSPS) is 12.9. The molecule has 0 saturated carbocycles. The van der Waals surface area contributed by atoms with Gasteiger partial charge in [-0.15, -0.1) is 0 Å². The van der Waals surface area contributed by atoms with Gasteiger partial charge in [0.05, 0.1) is 0 Å². The molecule has 1 aliphatic rings. The summed E-state index contributed by atoms with van der Waals surface area (Å²) in [6, 6.07) is 8.47. The fourth-order valence-corrected chi connectivity index (χ4v) is 2.92. The Balaban J connectivity index is 2.27. The quantitative estimate of drug-likeness (QED) is 0.483. The van der Waals surface area contributed by atoms with Crippen molar-refractivity contribution in [1.82, 2.24) is 0 Å². The molecular weight excluding hydrogens is 186 g/mol. The molecule has 2 heteroatoms. The summed E-state index contributed by atoms with van der Waals surface area (Å²) >= 11 is 0. The van der Waals surface area contributed by atoms with Crippen LogP contribution >= 0.6 is 8.19 Å². The summed E-state index contributed by atoms with van der Waals surface area (Å²) in [6.45, 7) is 0. The minimum absolute atomic E-state index is 0.845. The molecule has 1 heterocycles. The summed E-state index contributed by atoms with van der Waals surface area (Å²) in [6.07, 6.45) is 1.06. The van der Waals surface area contributed by atoms with E-state index in [0.29, 0.717) is 0 Å². The fraction of sp³-hybridized carbons (Fsp3) is 0.0833. The smallest absolute Gasteiger partial charge is 0.0963 e. The summed E-state index contributed by atoms with van der Waals surface area (Å²) in [5.41, 5.74) is 6.49. The van der Waals surface area contributed by atoms with Crippen LogP contribution < -0.4 is 5.46 Å². The highest BCUT2D eigenvalue weighted by atomic mass is 31.0. The van der Waals surface area contributed by atoms with Crippen LogP contribution in [0.2, 0.25) is 0 Å². The standard InChI is InChI=1S/C12H8BP/c13-10-1-2-11-8(6-10)5-9-7-14-4-3-12(9)11/h1-4,6-7H,5H2/p+1. The first-order chi connectivity index (χ1) is 6.84. The Labute approximate surface area is 86.5 Å². The second-order valence-electron chi connectivity index (χ2n) is 3.68. The summed E-state index contributed by atoms with van der Waals surface area (Å²) in [4.78, 5) is 0. The maximum absolute atomic E-state index is 5.78. The van der Waals surface area contributed by atoms with Crippen LogP contribution in [-0.4, -0.2) is 7.85 Å². The van der Waals surface area contributed by atoms with Crippen LogP contribution in [-0.2, 0) is 6.42 Å². The van der Waals surface area contributed by atoms with E-state index < -0.39 is 0 Å². The average molecular weight is 195 g/mol. The van der Waals surface area contributed by atoms with Crippen LogP contribution in [0.25, 0.3) is 11.1 Å². The second-order valence-corrected chi connectivity index (χ2v) is 4.63. The van der Waals surface area contributed by atoms with Gasteiger partial charge in [-0.25, -0.2) is 0 Å². The van der Waals surface area contributed by atoms with Crippen molar-refractivity contribution in [3.8, 4) is 11.1 Å². The largest absolute Gasteiger partial charge is 0.114 e. The van der Waals surface area contributed by atoms with Crippen LogP contribution in [0.4, 0.5) is 0 Å². The number of hydrogen-bond acceptors (Lipinski definition) is 0. The van der Waals surface area contributed by atoms with E-state index in [4.69, 9.17) is 7.85 Å². The molecule has 0 fully saturated rings. The zero-order valence-electron chi connectivity index (χ0n) is 7.75. The number of benzene rings is 1. The molecule has 1 aromatic heterocycles. The molecule has 2 radical (unpaired) electrons. The van der Waals surface area contributed by atoms with E-state index in [1.165, 1.54) is 22.3 Å². The first-order valence-corrected chi connectivity index (χ1v) is 5.88. The predicted molar refractivity (Wildman–Crippen MR) is 64.0 cm³/mol. The molecule has 1 atom stereocenters. The predicted octanol–water partition coefficient (Wildman–Crippen LogP) is 2.36. The Morgan fingerprint density at radius 3 is 2.86 bits per heavy atom. The SMILES string of the molecule is [B]c1ccc2c(c1)Cc1c[pH+]ccc1-2. The van der Waals surface area contributed by atoms with Crippen molar-refractivity contribution in [3.05, 3.63) is 47.0 Å².